The minimum absolute atomic E-state index is 0.149. The molecule has 2 N–H and O–H groups in total. The minimum Gasteiger partial charge on any atom is -0.493 e. The third-order valence-electron chi connectivity index (χ3n) is 4.97. The molecule has 0 bridgehead atoms. The van der Waals surface area contributed by atoms with Crippen molar-refractivity contribution in [2.75, 3.05) is 38.7 Å². The van der Waals surface area contributed by atoms with Crippen LogP contribution in [-0.2, 0) is 9.59 Å². The number of carbonyl (C=O) groups is 2. The fourth-order valence-corrected chi connectivity index (χ4v) is 3.81. The van der Waals surface area contributed by atoms with E-state index in [1.165, 1.54) is 7.11 Å². The summed E-state index contributed by atoms with van der Waals surface area (Å²) in [4.78, 5) is 26.3. The number of thiocarbonyl (C=S) groups is 1. The van der Waals surface area contributed by atoms with Crippen molar-refractivity contribution >= 4 is 50.6 Å². The first-order chi connectivity index (χ1) is 15.5. The van der Waals surface area contributed by atoms with E-state index in [1.54, 1.807) is 24.3 Å². The van der Waals surface area contributed by atoms with Crippen molar-refractivity contribution < 1.29 is 19.1 Å². The highest BCUT2D eigenvalue weighted by Gasteiger charge is 2.19. The predicted molar refractivity (Wildman–Crippen MR) is 131 cm³/mol. The van der Waals surface area contributed by atoms with Gasteiger partial charge in [-0.3, -0.25) is 9.59 Å². The van der Waals surface area contributed by atoms with E-state index in [1.807, 2.05) is 23.1 Å². The maximum Gasteiger partial charge on any atom is 0.262 e. The number of anilines is 1. The number of carbonyl (C=O) groups excluding carboxylic acids is 2. The van der Waals surface area contributed by atoms with Crippen LogP contribution >= 0.6 is 28.1 Å². The lowest BCUT2D eigenvalue weighted by molar-refractivity contribution is -0.127. The van der Waals surface area contributed by atoms with Gasteiger partial charge in [0, 0.05) is 41.8 Å². The van der Waals surface area contributed by atoms with Gasteiger partial charge in [-0.2, -0.15) is 0 Å². The predicted octanol–water partition coefficient (Wildman–Crippen LogP) is 3.75. The second-order valence-electron chi connectivity index (χ2n) is 7.30. The molecule has 0 atom stereocenters. The van der Waals surface area contributed by atoms with E-state index in [0.717, 1.165) is 36.0 Å². The molecule has 1 heterocycles. The highest BCUT2D eigenvalue weighted by molar-refractivity contribution is 9.10. The largest absolute Gasteiger partial charge is 0.493 e. The van der Waals surface area contributed by atoms with E-state index in [0.29, 0.717) is 35.1 Å². The number of likely N-dealkylation sites (tertiary alicyclic amines) is 1. The molecule has 2 aromatic carbocycles. The molecule has 0 aromatic heterocycles. The van der Waals surface area contributed by atoms with E-state index in [2.05, 4.69) is 26.6 Å². The highest BCUT2D eigenvalue weighted by Crippen LogP contribution is 2.28. The van der Waals surface area contributed by atoms with E-state index >= 15 is 0 Å². The van der Waals surface area contributed by atoms with Gasteiger partial charge in [0.25, 0.3) is 5.91 Å². The summed E-state index contributed by atoms with van der Waals surface area (Å²) < 4.78 is 12.0. The monoisotopic (exact) mass is 519 g/mol. The number of halogens is 1. The molecule has 0 unspecified atom stereocenters. The third-order valence-corrected chi connectivity index (χ3v) is 5.88. The summed E-state index contributed by atoms with van der Waals surface area (Å²) in [6, 6.07) is 12.6. The van der Waals surface area contributed by atoms with Crippen LogP contribution in [0.5, 0.6) is 11.5 Å². The van der Waals surface area contributed by atoms with Crippen molar-refractivity contribution in [2.24, 2.45) is 0 Å². The summed E-state index contributed by atoms with van der Waals surface area (Å²) in [5, 5.41) is 6.00. The lowest BCUT2D eigenvalue weighted by Gasteiger charge is -2.16. The molecule has 1 aliphatic rings. The Hall–Kier alpha value is -2.65. The molecule has 1 saturated heterocycles. The quantitative estimate of drug-likeness (QED) is 0.367. The lowest BCUT2D eigenvalue weighted by Crippen LogP contribution is -2.30. The van der Waals surface area contributed by atoms with Gasteiger partial charge in [0.2, 0.25) is 5.91 Å². The van der Waals surface area contributed by atoms with Crippen LogP contribution in [-0.4, -0.2) is 55.1 Å². The molecule has 32 heavy (non-hydrogen) atoms. The zero-order valence-corrected chi connectivity index (χ0v) is 20.3. The molecule has 170 valence electrons. The van der Waals surface area contributed by atoms with E-state index in [9.17, 15) is 9.59 Å². The zero-order chi connectivity index (χ0) is 22.9. The Bertz CT molecular complexity index is 968. The van der Waals surface area contributed by atoms with Gasteiger partial charge < -0.3 is 25.0 Å². The minimum atomic E-state index is -0.271. The molecule has 3 rings (SSSR count). The Balaban J connectivity index is 1.47. The summed E-state index contributed by atoms with van der Waals surface area (Å²) >= 11 is 8.83. The zero-order valence-electron chi connectivity index (χ0n) is 17.9. The van der Waals surface area contributed by atoms with Crippen molar-refractivity contribution in [1.82, 2.24) is 10.2 Å². The third kappa shape index (κ3) is 6.93. The molecule has 2 amide bonds. The van der Waals surface area contributed by atoms with Crippen molar-refractivity contribution in [3.63, 3.8) is 0 Å². The molecule has 9 heteroatoms. The highest BCUT2D eigenvalue weighted by atomic mass is 79.9. The maximum absolute atomic E-state index is 12.2. The van der Waals surface area contributed by atoms with Crippen LogP contribution in [0.1, 0.15) is 24.8 Å². The molecule has 1 fully saturated rings. The SMILES string of the molecule is COc1cc(C(=S)NCCCN2CCCC2=O)ccc1OCC(=O)Nc1ccc(Br)cc1. The lowest BCUT2D eigenvalue weighted by atomic mass is 10.2. The summed E-state index contributed by atoms with van der Waals surface area (Å²) in [5.41, 5.74) is 1.48. The number of hydrogen-bond acceptors (Lipinski definition) is 5. The van der Waals surface area contributed by atoms with Crippen LogP contribution in [0.25, 0.3) is 0 Å². The smallest absolute Gasteiger partial charge is 0.262 e. The number of amides is 2. The Kier molecular flexibility index (Phi) is 8.87. The Morgan fingerprint density at radius 2 is 1.97 bits per heavy atom. The number of hydrogen-bond donors (Lipinski definition) is 2. The molecule has 0 spiro atoms. The standard InChI is InChI=1S/C23H26BrN3O4S/c1-30-20-14-16(23(32)25-11-3-13-27-12-2-4-22(27)29)5-10-19(20)31-15-21(28)26-18-8-6-17(24)7-9-18/h5-10,14H,2-4,11-13,15H2,1H3,(H,25,32)(H,26,28). The van der Waals surface area contributed by atoms with Crippen LogP contribution in [0, 0.1) is 0 Å². The topological polar surface area (TPSA) is 79.9 Å². The van der Waals surface area contributed by atoms with Crippen molar-refractivity contribution in [3.8, 4) is 11.5 Å². The second kappa shape index (κ2) is 11.8. The summed E-state index contributed by atoms with van der Waals surface area (Å²) in [7, 11) is 1.54. The summed E-state index contributed by atoms with van der Waals surface area (Å²) in [6.45, 7) is 2.12. The molecule has 0 saturated carbocycles. The van der Waals surface area contributed by atoms with Crippen molar-refractivity contribution in [1.29, 1.82) is 0 Å². The molecule has 7 nitrogen and oxygen atoms in total. The van der Waals surface area contributed by atoms with E-state index < -0.39 is 0 Å². The van der Waals surface area contributed by atoms with Crippen LogP contribution in [0.2, 0.25) is 0 Å². The van der Waals surface area contributed by atoms with Gasteiger partial charge in [-0.05, 0) is 55.3 Å². The van der Waals surface area contributed by atoms with E-state index in [4.69, 9.17) is 21.7 Å². The maximum atomic E-state index is 12.2. The van der Waals surface area contributed by atoms with Gasteiger partial charge in [-0.15, -0.1) is 0 Å². The van der Waals surface area contributed by atoms with Crippen LogP contribution in [0.15, 0.2) is 46.9 Å². The average Bonchev–Trinajstić information content (AvgIpc) is 3.21. The fraction of sp³-hybridized carbons (Fsp3) is 0.348. The first-order valence-electron chi connectivity index (χ1n) is 10.4. The molecule has 0 radical (unpaired) electrons. The number of methoxy groups -OCH3 is 1. The second-order valence-corrected chi connectivity index (χ2v) is 8.63. The number of nitrogens with one attached hydrogen (secondary N) is 2. The number of benzene rings is 2. The Labute approximate surface area is 201 Å². The first kappa shape index (κ1) is 24.0. The van der Waals surface area contributed by atoms with Crippen molar-refractivity contribution in [2.45, 2.75) is 19.3 Å². The average molecular weight is 520 g/mol. The van der Waals surface area contributed by atoms with Crippen LogP contribution in [0.4, 0.5) is 5.69 Å². The normalized spacial score (nSPS) is 13.1. The number of ether oxygens (including phenoxy) is 2. The van der Waals surface area contributed by atoms with Gasteiger partial charge >= 0.3 is 0 Å². The van der Waals surface area contributed by atoms with Crippen molar-refractivity contribution in [3.05, 3.63) is 52.5 Å². The summed E-state index contributed by atoms with van der Waals surface area (Å²) in [6.07, 6.45) is 2.44. The Morgan fingerprint density at radius 3 is 2.66 bits per heavy atom. The molecule has 1 aliphatic heterocycles. The summed E-state index contributed by atoms with van der Waals surface area (Å²) in [5.74, 6) is 0.911. The molecular formula is C23H26BrN3O4S. The van der Waals surface area contributed by atoms with Gasteiger partial charge in [0.1, 0.15) is 4.99 Å². The number of rotatable bonds is 10. The molecular weight excluding hydrogens is 494 g/mol. The van der Waals surface area contributed by atoms with Gasteiger partial charge in [0.15, 0.2) is 18.1 Å². The van der Waals surface area contributed by atoms with Gasteiger partial charge in [-0.25, -0.2) is 0 Å². The van der Waals surface area contributed by atoms with Gasteiger partial charge in [0.05, 0.1) is 7.11 Å². The van der Waals surface area contributed by atoms with Crippen LogP contribution in [0.3, 0.4) is 0 Å². The molecule has 2 aromatic rings. The van der Waals surface area contributed by atoms with Gasteiger partial charge in [-0.1, -0.05) is 28.1 Å². The fourth-order valence-electron chi connectivity index (χ4n) is 3.32. The number of nitrogens with zero attached hydrogens (tertiary/aromatic N) is 1. The van der Waals surface area contributed by atoms with E-state index in [-0.39, 0.29) is 18.4 Å². The van der Waals surface area contributed by atoms with Crippen LogP contribution < -0.4 is 20.1 Å². The first-order valence-corrected chi connectivity index (χ1v) is 11.6. The molecule has 0 aliphatic carbocycles. The Morgan fingerprint density at radius 1 is 1.19 bits per heavy atom.